The van der Waals surface area contributed by atoms with E-state index in [1.165, 1.54) is 10.8 Å². The van der Waals surface area contributed by atoms with Gasteiger partial charge in [0.05, 0.1) is 6.07 Å². The van der Waals surface area contributed by atoms with Crippen molar-refractivity contribution < 1.29 is 9.59 Å². The fourth-order valence-corrected chi connectivity index (χ4v) is 4.01. The summed E-state index contributed by atoms with van der Waals surface area (Å²) in [4.78, 5) is 24.3. The molecule has 0 spiro atoms. The van der Waals surface area contributed by atoms with Gasteiger partial charge in [-0.1, -0.05) is 60.6 Å². The molecule has 1 atom stereocenters. The summed E-state index contributed by atoms with van der Waals surface area (Å²) in [6.07, 6.45) is 0. The topological polar surface area (TPSA) is 82.0 Å². The Morgan fingerprint density at radius 1 is 1.26 bits per heavy atom. The number of carbonyl (C=O) groups is 2. The van der Waals surface area contributed by atoms with E-state index in [9.17, 15) is 9.59 Å². The first-order valence-electron chi connectivity index (χ1n) is 7.14. The predicted molar refractivity (Wildman–Crippen MR) is 96.1 cm³/mol. The summed E-state index contributed by atoms with van der Waals surface area (Å²) in [5.74, 6) is -0.223. The number of nitrogens with zero attached hydrogens (tertiary/aromatic N) is 1. The second-order valence-electron chi connectivity index (χ2n) is 5.75. The van der Waals surface area contributed by atoms with E-state index < -0.39 is 6.04 Å². The van der Waals surface area contributed by atoms with E-state index in [1.54, 1.807) is 35.1 Å². The van der Waals surface area contributed by atoms with Crippen LogP contribution in [0, 0.1) is 11.3 Å². The number of hydrogen-bond acceptors (Lipinski definition) is 5. The predicted octanol–water partition coefficient (Wildman–Crippen LogP) is 2.60. The molecular weight excluding hydrogens is 330 g/mol. The molecule has 0 saturated carbocycles. The number of amides is 2. The third-order valence-electron chi connectivity index (χ3n) is 2.54. The average Bonchev–Trinajstić information content (AvgIpc) is 2.51. The molecule has 0 saturated heterocycles. The Morgan fingerprint density at radius 2 is 1.91 bits per heavy atom. The number of benzene rings is 1. The lowest BCUT2D eigenvalue weighted by Crippen LogP contribution is -2.48. The van der Waals surface area contributed by atoms with Gasteiger partial charge in [-0.3, -0.25) is 9.59 Å². The van der Waals surface area contributed by atoms with Crippen LogP contribution in [0.15, 0.2) is 30.3 Å². The second-order valence-corrected chi connectivity index (χ2v) is 8.92. The summed E-state index contributed by atoms with van der Waals surface area (Å²) in [5, 5.41) is 13.8. The van der Waals surface area contributed by atoms with Gasteiger partial charge >= 0.3 is 0 Å². The van der Waals surface area contributed by atoms with Crippen LogP contribution in [0.2, 0.25) is 0 Å². The molecule has 23 heavy (non-hydrogen) atoms. The highest BCUT2D eigenvalue weighted by atomic mass is 33.1. The zero-order valence-corrected chi connectivity index (χ0v) is 15.1. The largest absolute Gasteiger partial charge is 0.341 e. The monoisotopic (exact) mass is 351 g/mol. The summed E-state index contributed by atoms with van der Waals surface area (Å²) in [7, 11) is 3.17. The van der Waals surface area contributed by atoms with Gasteiger partial charge in [0.1, 0.15) is 12.6 Å². The van der Waals surface area contributed by atoms with E-state index in [2.05, 4.69) is 31.4 Å². The first-order chi connectivity index (χ1) is 10.8. The van der Waals surface area contributed by atoms with Crippen molar-refractivity contribution in [3.05, 3.63) is 35.9 Å². The van der Waals surface area contributed by atoms with Crippen LogP contribution < -0.4 is 10.6 Å². The first-order valence-corrected chi connectivity index (χ1v) is 9.46. The van der Waals surface area contributed by atoms with Crippen molar-refractivity contribution in [3.63, 3.8) is 0 Å². The van der Waals surface area contributed by atoms with Crippen LogP contribution in [0.4, 0.5) is 0 Å². The van der Waals surface area contributed by atoms with Crippen molar-refractivity contribution in [1.29, 1.82) is 5.26 Å². The van der Waals surface area contributed by atoms with Crippen molar-refractivity contribution in [1.82, 2.24) is 10.6 Å². The van der Waals surface area contributed by atoms with Crippen LogP contribution in [-0.2, 0) is 4.79 Å². The molecule has 1 aromatic rings. The van der Waals surface area contributed by atoms with Crippen molar-refractivity contribution in [2.24, 2.45) is 0 Å². The molecule has 0 aliphatic rings. The fourth-order valence-electron chi connectivity index (χ4n) is 1.54. The number of hydrogen-bond donors (Lipinski definition) is 2. The van der Waals surface area contributed by atoms with Crippen LogP contribution in [0.1, 0.15) is 31.1 Å². The first kappa shape index (κ1) is 19.4. The molecule has 124 valence electrons. The Hall–Kier alpha value is -1.65. The molecule has 0 fully saturated rings. The molecule has 0 bridgehead atoms. The van der Waals surface area contributed by atoms with E-state index >= 15 is 0 Å². The summed E-state index contributed by atoms with van der Waals surface area (Å²) >= 11 is 0. The maximum Gasteiger partial charge on any atom is 0.251 e. The van der Waals surface area contributed by atoms with Gasteiger partial charge in [-0.2, -0.15) is 5.26 Å². The van der Waals surface area contributed by atoms with Gasteiger partial charge in [-0.15, -0.1) is 0 Å². The second kappa shape index (κ2) is 9.48. The molecule has 1 rings (SSSR count). The van der Waals surface area contributed by atoms with Gasteiger partial charge in [0.25, 0.3) is 5.91 Å². The maximum atomic E-state index is 12.2. The van der Waals surface area contributed by atoms with Crippen LogP contribution in [0.5, 0.6) is 0 Å². The highest BCUT2D eigenvalue weighted by Crippen LogP contribution is 2.35. The smallest absolute Gasteiger partial charge is 0.251 e. The minimum atomic E-state index is -0.684. The Labute approximate surface area is 145 Å². The third-order valence-corrected chi connectivity index (χ3v) is 5.89. The zero-order chi connectivity index (χ0) is 17.3. The Balaban J connectivity index is 2.68. The van der Waals surface area contributed by atoms with Crippen LogP contribution in [0.25, 0.3) is 0 Å². The quantitative estimate of drug-likeness (QED) is 0.583. The number of nitrogens with one attached hydrogen (secondary N) is 2. The van der Waals surface area contributed by atoms with Gasteiger partial charge in [-0.05, 0) is 12.1 Å². The van der Waals surface area contributed by atoms with Crippen molar-refractivity contribution in [3.8, 4) is 6.07 Å². The van der Waals surface area contributed by atoms with E-state index in [0.717, 1.165) is 0 Å². The number of carbonyl (C=O) groups excluding carboxylic acids is 2. The molecule has 0 aliphatic heterocycles. The minimum Gasteiger partial charge on any atom is -0.341 e. The number of nitriles is 1. The summed E-state index contributed by atoms with van der Waals surface area (Å²) in [6.45, 7) is 6.17. The zero-order valence-electron chi connectivity index (χ0n) is 13.5. The Bertz CT molecular complexity index is 565. The molecule has 2 N–H and O–H groups in total. The lowest BCUT2D eigenvalue weighted by Gasteiger charge is -2.20. The van der Waals surface area contributed by atoms with Gasteiger partial charge < -0.3 is 10.6 Å². The van der Waals surface area contributed by atoms with E-state index in [4.69, 9.17) is 5.26 Å². The molecule has 0 heterocycles. The average molecular weight is 351 g/mol. The maximum absolute atomic E-state index is 12.2. The van der Waals surface area contributed by atoms with Crippen molar-refractivity contribution >= 4 is 33.4 Å². The van der Waals surface area contributed by atoms with Crippen LogP contribution in [0.3, 0.4) is 0 Å². The van der Waals surface area contributed by atoms with Gasteiger partial charge in [0.2, 0.25) is 5.91 Å². The summed E-state index contributed by atoms with van der Waals surface area (Å²) in [6, 6.07) is 9.92. The van der Waals surface area contributed by atoms with E-state index in [0.29, 0.717) is 11.3 Å². The molecule has 1 unspecified atom stereocenters. The lowest BCUT2D eigenvalue weighted by molar-refractivity contribution is -0.122. The fraction of sp³-hybridized carbons (Fsp3) is 0.438. The Morgan fingerprint density at radius 3 is 2.48 bits per heavy atom. The SMILES string of the molecule is CC(C)(C)SSCC(NC(=O)c1ccccc1)C(=O)NCC#N. The normalized spacial score (nSPS) is 12.1. The highest BCUT2D eigenvalue weighted by molar-refractivity contribution is 8.77. The molecule has 0 radical (unpaired) electrons. The van der Waals surface area contributed by atoms with Gasteiger partial charge in [-0.25, -0.2) is 0 Å². The molecule has 7 heteroatoms. The van der Waals surface area contributed by atoms with Crippen LogP contribution >= 0.6 is 21.6 Å². The Kier molecular flexibility index (Phi) is 8.00. The molecule has 5 nitrogen and oxygen atoms in total. The molecule has 1 aromatic carbocycles. The molecule has 0 aromatic heterocycles. The minimum absolute atomic E-state index is 0.0573. The molecule has 0 aliphatic carbocycles. The third kappa shape index (κ3) is 7.95. The van der Waals surface area contributed by atoms with E-state index in [1.807, 2.05) is 12.1 Å². The van der Waals surface area contributed by atoms with Gasteiger partial charge in [0.15, 0.2) is 0 Å². The van der Waals surface area contributed by atoms with Crippen molar-refractivity contribution in [2.75, 3.05) is 12.3 Å². The summed E-state index contributed by atoms with van der Waals surface area (Å²) in [5.41, 5.74) is 0.499. The lowest BCUT2D eigenvalue weighted by atomic mass is 10.2. The molecular formula is C16H21N3O2S2. The highest BCUT2D eigenvalue weighted by Gasteiger charge is 2.22. The standard InChI is InChI=1S/C16H21N3O2S2/c1-16(2,3)23-22-11-13(15(21)18-10-9-17)19-14(20)12-7-5-4-6-8-12/h4-8,13H,10-11H2,1-3H3,(H,18,21)(H,19,20). The number of rotatable bonds is 7. The summed E-state index contributed by atoms with van der Waals surface area (Å²) < 4.78 is 0.0573. The van der Waals surface area contributed by atoms with Gasteiger partial charge in [0, 0.05) is 16.1 Å². The van der Waals surface area contributed by atoms with Crippen LogP contribution in [-0.4, -0.2) is 34.9 Å². The van der Waals surface area contributed by atoms with E-state index in [-0.39, 0.29) is 23.1 Å². The van der Waals surface area contributed by atoms with Crippen molar-refractivity contribution in [2.45, 2.75) is 31.6 Å². The molecule has 2 amide bonds.